The van der Waals surface area contributed by atoms with E-state index in [0.29, 0.717) is 29.5 Å². The lowest BCUT2D eigenvalue weighted by Gasteiger charge is -2.18. The van der Waals surface area contributed by atoms with E-state index in [9.17, 15) is 13.6 Å². The Morgan fingerprint density at radius 1 is 1.07 bits per heavy atom. The Labute approximate surface area is 240 Å². The molecule has 5 rings (SSSR count). The molecule has 214 valence electrons. The summed E-state index contributed by atoms with van der Waals surface area (Å²) in [6.07, 6.45) is 19.4. The fourth-order valence-electron chi connectivity index (χ4n) is 6.23. The third kappa shape index (κ3) is 7.02. The molecule has 3 aromatic rings. The fraction of sp³-hybridized carbons (Fsp3) is 0.353. The molecule has 1 amide bonds. The van der Waals surface area contributed by atoms with Crippen LogP contribution < -0.4 is 11.1 Å². The quantitative estimate of drug-likeness (QED) is 0.299. The number of aromatic nitrogens is 2. The first-order valence-electron chi connectivity index (χ1n) is 14.6. The predicted octanol–water partition coefficient (Wildman–Crippen LogP) is 8.52. The van der Waals surface area contributed by atoms with Gasteiger partial charge < -0.3 is 11.1 Å². The van der Waals surface area contributed by atoms with Crippen LogP contribution in [0.3, 0.4) is 0 Å². The minimum absolute atomic E-state index is 0.162. The predicted molar refractivity (Wildman–Crippen MR) is 162 cm³/mol. The Kier molecular flexibility index (Phi) is 9.12. The van der Waals surface area contributed by atoms with Crippen LogP contribution in [0.25, 0.3) is 12.3 Å². The number of nitrogens with zero attached hydrogens (tertiary/aromatic N) is 2. The van der Waals surface area contributed by atoms with E-state index in [-0.39, 0.29) is 23.4 Å². The average Bonchev–Trinajstić information content (AvgIpc) is 3.14. The monoisotopic (exact) mass is 556 g/mol. The molecule has 0 radical (unpaired) electrons. The van der Waals surface area contributed by atoms with Crippen molar-refractivity contribution in [3.63, 3.8) is 0 Å². The van der Waals surface area contributed by atoms with Gasteiger partial charge in [-0.3, -0.25) is 4.79 Å². The number of hydrogen-bond acceptors (Lipinski definition) is 3. The van der Waals surface area contributed by atoms with E-state index in [1.165, 1.54) is 29.8 Å². The zero-order chi connectivity index (χ0) is 28.8. The number of benzene rings is 2. The smallest absolute Gasteiger partial charge is 0.261 e. The van der Waals surface area contributed by atoms with Crippen LogP contribution in [0, 0.1) is 17.6 Å². The van der Waals surface area contributed by atoms with Crippen LogP contribution in [0.1, 0.15) is 91.4 Å². The molecule has 2 heterocycles. The van der Waals surface area contributed by atoms with E-state index < -0.39 is 0 Å². The van der Waals surface area contributed by atoms with Crippen molar-refractivity contribution >= 4 is 29.7 Å². The summed E-state index contributed by atoms with van der Waals surface area (Å²) >= 11 is 0. The van der Waals surface area contributed by atoms with E-state index in [1.807, 2.05) is 25.3 Å². The number of hydrogen-bond donors (Lipinski definition) is 2. The van der Waals surface area contributed by atoms with Gasteiger partial charge in [-0.1, -0.05) is 42.7 Å². The van der Waals surface area contributed by atoms with Gasteiger partial charge in [0.25, 0.3) is 5.91 Å². The Bertz CT molecular complexity index is 1470. The van der Waals surface area contributed by atoms with Gasteiger partial charge in [-0.05, 0) is 117 Å². The highest BCUT2D eigenvalue weighted by Crippen LogP contribution is 2.38. The summed E-state index contributed by atoms with van der Waals surface area (Å²) in [5.74, 6) is 0.247. The molecule has 7 heteroatoms. The van der Waals surface area contributed by atoms with Gasteiger partial charge in [0.2, 0.25) is 0 Å². The lowest BCUT2D eigenvalue weighted by atomic mass is 9.87. The summed E-state index contributed by atoms with van der Waals surface area (Å²) in [4.78, 5) is 13.1. The van der Waals surface area contributed by atoms with Crippen molar-refractivity contribution < 1.29 is 13.6 Å². The molecule has 1 aliphatic heterocycles. The zero-order valence-corrected chi connectivity index (χ0v) is 23.6. The molecule has 2 atom stereocenters. The first-order chi connectivity index (χ1) is 19.9. The van der Waals surface area contributed by atoms with E-state index in [0.717, 1.165) is 68.2 Å². The van der Waals surface area contributed by atoms with Gasteiger partial charge in [-0.25, -0.2) is 13.5 Å². The van der Waals surface area contributed by atoms with Crippen molar-refractivity contribution in [2.75, 3.05) is 11.1 Å². The van der Waals surface area contributed by atoms with Crippen molar-refractivity contribution in [3.05, 3.63) is 100 Å². The van der Waals surface area contributed by atoms with Gasteiger partial charge in [0.05, 0.1) is 5.69 Å². The molecular weight excluding hydrogens is 518 g/mol. The number of amides is 1. The number of carbonyl (C=O) groups is 1. The lowest BCUT2D eigenvalue weighted by molar-refractivity contribution is 0.102. The van der Waals surface area contributed by atoms with Gasteiger partial charge >= 0.3 is 0 Å². The number of anilines is 2. The maximum absolute atomic E-state index is 14.1. The summed E-state index contributed by atoms with van der Waals surface area (Å²) in [7, 11) is 0. The number of carbonyl (C=O) groups excluding carboxylic acids is 1. The van der Waals surface area contributed by atoms with Gasteiger partial charge in [-0.2, -0.15) is 5.10 Å². The molecule has 1 saturated carbocycles. The topological polar surface area (TPSA) is 72.9 Å². The number of nitrogens with one attached hydrogen (secondary N) is 1. The highest BCUT2D eigenvalue weighted by atomic mass is 19.1. The summed E-state index contributed by atoms with van der Waals surface area (Å²) in [6.45, 7) is 2.00. The standard InChI is InChI=1S/C34H38F2N4O/c1-2-6-25-13-14-28(36)22-30(25)26-9-5-8-23(11-12-26)21-24-7-3-4-10-31-32(33(37)39-40(31)20-19-24)34(41)38-29-17-15-27(35)16-18-29/h2,6-7,13-20,22-23,26H,3-5,8-12,21H2,1H3,(H2,37,39)(H,38,41)/b6-2+,20-19?,24-7?/t23?,26-/m0/s1. The fourth-order valence-corrected chi connectivity index (χ4v) is 6.23. The molecule has 1 unspecified atom stereocenters. The first-order valence-corrected chi connectivity index (χ1v) is 14.6. The molecule has 2 aliphatic rings. The highest BCUT2D eigenvalue weighted by Gasteiger charge is 2.24. The molecule has 0 bridgehead atoms. The largest absolute Gasteiger partial charge is 0.382 e. The van der Waals surface area contributed by atoms with E-state index in [1.54, 1.807) is 16.8 Å². The Morgan fingerprint density at radius 2 is 1.88 bits per heavy atom. The number of nitrogens with two attached hydrogens (primary N) is 1. The molecular formula is C34H38F2N4O. The molecule has 41 heavy (non-hydrogen) atoms. The van der Waals surface area contributed by atoms with Crippen molar-refractivity contribution in [1.29, 1.82) is 0 Å². The van der Waals surface area contributed by atoms with Gasteiger partial charge in [0, 0.05) is 11.9 Å². The van der Waals surface area contributed by atoms with Gasteiger partial charge in [-0.15, -0.1) is 0 Å². The van der Waals surface area contributed by atoms with Crippen LogP contribution in [0.15, 0.2) is 66.3 Å². The maximum Gasteiger partial charge on any atom is 0.261 e. The van der Waals surface area contributed by atoms with Gasteiger partial charge in [0.15, 0.2) is 5.82 Å². The normalized spacial score (nSPS) is 19.5. The Morgan fingerprint density at radius 3 is 2.68 bits per heavy atom. The SMILES string of the molecule is C/C=C/c1ccc(F)cc1[C@H]1CCCC(CC2=CCCCc3c(C(=O)Nc4ccc(F)cc4)c(N)nn3C=C2)CC1. The molecule has 0 saturated heterocycles. The molecule has 0 spiro atoms. The van der Waals surface area contributed by atoms with Crippen molar-refractivity contribution in [2.24, 2.45) is 5.92 Å². The second kappa shape index (κ2) is 13.1. The van der Waals surface area contributed by atoms with Crippen LogP contribution in [0.2, 0.25) is 0 Å². The zero-order valence-electron chi connectivity index (χ0n) is 23.6. The van der Waals surface area contributed by atoms with Crippen molar-refractivity contribution in [3.8, 4) is 0 Å². The minimum atomic E-state index is -0.364. The molecule has 3 N–H and O–H groups in total. The number of halogens is 2. The van der Waals surface area contributed by atoms with Crippen LogP contribution in [0.4, 0.5) is 20.3 Å². The van der Waals surface area contributed by atoms with Gasteiger partial charge in [0.1, 0.15) is 17.2 Å². The Balaban J connectivity index is 1.27. The number of rotatable bonds is 6. The lowest BCUT2D eigenvalue weighted by Crippen LogP contribution is -2.15. The number of fused-ring (bicyclic) bond motifs is 1. The molecule has 1 fully saturated rings. The second-order valence-electron chi connectivity index (χ2n) is 11.1. The number of allylic oxidation sites excluding steroid dienone is 4. The summed E-state index contributed by atoms with van der Waals surface area (Å²) in [5.41, 5.74) is 11.4. The molecule has 1 aliphatic carbocycles. The maximum atomic E-state index is 14.1. The Hall–Kier alpha value is -4.00. The van der Waals surface area contributed by atoms with Crippen LogP contribution in [-0.2, 0) is 6.42 Å². The van der Waals surface area contributed by atoms with E-state index in [4.69, 9.17) is 5.73 Å². The third-order valence-corrected chi connectivity index (χ3v) is 8.27. The van der Waals surface area contributed by atoms with Crippen LogP contribution in [-0.4, -0.2) is 15.7 Å². The van der Waals surface area contributed by atoms with E-state index >= 15 is 0 Å². The highest BCUT2D eigenvalue weighted by molar-refractivity contribution is 6.08. The third-order valence-electron chi connectivity index (χ3n) is 8.27. The van der Waals surface area contributed by atoms with Crippen LogP contribution in [0.5, 0.6) is 0 Å². The average molecular weight is 557 g/mol. The molecule has 5 nitrogen and oxygen atoms in total. The minimum Gasteiger partial charge on any atom is -0.382 e. The van der Waals surface area contributed by atoms with Crippen molar-refractivity contribution in [2.45, 2.75) is 70.6 Å². The molecule has 2 aromatic carbocycles. The summed E-state index contributed by atoms with van der Waals surface area (Å²) in [5, 5.41) is 7.28. The second-order valence-corrected chi connectivity index (χ2v) is 11.1. The summed E-state index contributed by atoms with van der Waals surface area (Å²) < 4.78 is 29.1. The molecule has 1 aromatic heterocycles. The van der Waals surface area contributed by atoms with E-state index in [2.05, 4.69) is 28.6 Å². The van der Waals surface area contributed by atoms with Crippen molar-refractivity contribution in [1.82, 2.24) is 9.78 Å². The number of nitrogen functional groups attached to an aromatic ring is 1. The summed E-state index contributed by atoms with van der Waals surface area (Å²) in [6, 6.07) is 10.8. The van der Waals surface area contributed by atoms with Crippen LogP contribution >= 0.6 is 0 Å². The first kappa shape index (κ1) is 28.5.